The van der Waals surface area contributed by atoms with Gasteiger partial charge in [-0.25, -0.2) is 5.06 Å². The molecule has 0 aromatic rings. The van der Waals surface area contributed by atoms with Crippen LogP contribution < -0.4 is 34.5 Å². The Labute approximate surface area is 147 Å². The summed E-state index contributed by atoms with van der Waals surface area (Å²) in [5.74, 6) is -0.707. The molecule has 0 bridgehead atoms. The van der Waals surface area contributed by atoms with Crippen LogP contribution in [-0.2, 0) is 14.2 Å². The summed E-state index contributed by atoms with van der Waals surface area (Å²) in [6.07, 6.45) is 2.82. The Morgan fingerprint density at radius 1 is 1.19 bits per heavy atom. The van der Waals surface area contributed by atoms with Crippen molar-refractivity contribution in [3.63, 3.8) is 0 Å². The molecule has 0 aromatic carbocycles. The van der Waals surface area contributed by atoms with E-state index in [4.69, 9.17) is 4.89 Å². The van der Waals surface area contributed by atoms with Gasteiger partial charge in [0.15, 0.2) is 7.60 Å². The third-order valence-corrected chi connectivity index (χ3v) is 3.84. The zero-order valence-corrected chi connectivity index (χ0v) is 15.8. The molecule has 0 aliphatic heterocycles. The van der Waals surface area contributed by atoms with Crippen molar-refractivity contribution in [3.8, 4) is 0 Å². The van der Waals surface area contributed by atoms with Gasteiger partial charge < -0.3 is 14.4 Å². The number of hydroxylamine groups is 2. The third kappa shape index (κ3) is 9.79. The topological polar surface area (TPSA) is 118 Å². The number of carbonyl (C=O) groups excluding carboxylic acids is 2. The van der Waals surface area contributed by atoms with Crippen molar-refractivity contribution in [3.05, 3.63) is 0 Å². The summed E-state index contributed by atoms with van der Waals surface area (Å²) < 4.78 is 10.5. The van der Waals surface area contributed by atoms with E-state index in [1.165, 1.54) is 0 Å². The second-order valence-corrected chi connectivity index (χ2v) is 6.28. The fourth-order valence-corrected chi connectivity index (χ4v) is 2.23. The zero-order chi connectivity index (χ0) is 15.8. The van der Waals surface area contributed by atoms with Crippen LogP contribution >= 0.6 is 7.60 Å². The number of nitrogens with zero attached hydrogens (tertiary/aromatic N) is 1. The fraction of sp³-hybridized carbons (Fsp3) is 0.833. The van der Waals surface area contributed by atoms with Crippen LogP contribution in [0.5, 0.6) is 0 Å². The van der Waals surface area contributed by atoms with Crippen molar-refractivity contribution < 1.29 is 58.7 Å². The van der Waals surface area contributed by atoms with E-state index in [0.717, 1.165) is 19.3 Å². The second kappa shape index (κ2) is 11.8. The molecule has 0 saturated heterocycles. The van der Waals surface area contributed by atoms with Crippen LogP contribution in [0.15, 0.2) is 0 Å². The minimum atomic E-state index is -5.04. The maximum Gasteiger partial charge on any atom is 1.00 e. The molecule has 1 amide bonds. The molecule has 9 heteroatoms. The van der Waals surface area contributed by atoms with Gasteiger partial charge in [0.05, 0.1) is 6.04 Å². The first-order valence-electron chi connectivity index (χ1n) is 6.82. The minimum absolute atomic E-state index is 0. The molecule has 7 nitrogen and oxygen atoms in total. The van der Waals surface area contributed by atoms with Crippen molar-refractivity contribution in [1.82, 2.24) is 5.06 Å². The molecule has 2 unspecified atom stereocenters. The van der Waals surface area contributed by atoms with Crippen LogP contribution in [0.1, 0.15) is 58.8 Å². The van der Waals surface area contributed by atoms with Gasteiger partial charge in [-0.1, -0.05) is 33.1 Å². The Hall–Kier alpha value is 0.250. The second-order valence-electron chi connectivity index (χ2n) is 4.74. The largest absolute Gasteiger partial charge is 1.00 e. The van der Waals surface area contributed by atoms with Crippen molar-refractivity contribution in [2.45, 2.75) is 64.8 Å². The molecule has 118 valence electrons. The monoisotopic (exact) mass is 331 g/mol. The van der Waals surface area contributed by atoms with Crippen LogP contribution in [0.25, 0.3) is 0 Å². The molecule has 0 aromatic heterocycles. The van der Waals surface area contributed by atoms with Crippen molar-refractivity contribution in [2.75, 3.05) is 0 Å². The Morgan fingerprint density at radius 2 is 1.76 bits per heavy atom. The molecule has 21 heavy (non-hydrogen) atoms. The summed E-state index contributed by atoms with van der Waals surface area (Å²) in [6, 6.07) is -0.323. The normalized spacial score (nSPS) is 14.7. The summed E-state index contributed by atoms with van der Waals surface area (Å²) in [6.45, 7) is 3.93. The Bertz CT molecular complexity index is 373. The number of hydrogen-bond donors (Lipinski definition) is 2. The average Bonchev–Trinajstić information content (AvgIpc) is 2.38. The minimum Gasteiger partial charge on any atom is -0.773 e. The molecule has 0 rings (SSSR count). The molecule has 0 aliphatic carbocycles. The standard InChI is InChI=1S/C12H24NO6P.Na/c1-3-5-7-10(6-4-2)13(16)11(14)8-9-12(15)20(17,18)19;/h10,16H,3-9H2,1-2H3,(H2,17,18,19);/q;+1/p-1. The van der Waals surface area contributed by atoms with E-state index in [1.54, 1.807) is 0 Å². The maximum atomic E-state index is 11.7. The zero-order valence-electron chi connectivity index (χ0n) is 12.9. The Kier molecular flexibility index (Phi) is 13.2. The molecule has 0 radical (unpaired) electrons. The van der Waals surface area contributed by atoms with Gasteiger partial charge in [0.25, 0.3) is 0 Å². The third-order valence-electron chi connectivity index (χ3n) is 2.98. The molecule has 0 saturated carbocycles. The molecule has 0 fully saturated rings. The first-order chi connectivity index (χ1) is 9.23. The number of unbranched alkanes of at least 4 members (excludes halogenated alkanes) is 1. The molecule has 0 aliphatic rings. The van der Waals surface area contributed by atoms with E-state index < -0.39 is 31.9 Å². The number of rotatable bonds is 10. The van der Waals surface area contributed by atoms with Gasteiger partial charge in [-0.15, -0.1) is 0 Å². The van der Waals surface area contributed by atoms with Crippen molar-refractivity contribution >= 4 is 19.0 Å². The molecule has 0 spiro atoms. The fourth-order valence-electron chi connectivity index (χ4n) is 1.84. The molecular weight excluding hydrogens is 308 g/mol. The van der Waals surface area contributed by atoms with E-state index in [-0.39, 0.29) is 35.6 Å². The number of amides is 1. The van der Waals surface area contributed by atoms with Crippen LogP contribution in [0.2, 0.25) is 0 Å². The first-order valence-corrected chi connectivity index (χ1v) is 8.39. The van der Waals surface area contributed by atoms with E-state index in [1.807, 2.05) is 13.8 Å². The summed E-state index contributed by atoms with van der Waals surface area (Å²) in [5.41, 5.74) is -1.39. The predicted octanol–water partition coefficient (Wildman–Crippen LogP) is -1.58. The summed E-state index contributed by atoms with van der Waals surface area (Å²) in [5, 5.41) is 10.4. The van der Waals surface area contributed by atoms with Crippen LogP contribution in [0.3, 0.4) is 0 Å². The van der Waals surface area contributed by atoms with Crippen LogP contribution in [0, 0.1) is 0 Å². The summed E-state index contributed by atoms with van der Waals surface area (Å²) >= 11 is 0. The van der Waals surface area contributed by atoms with Gasteiger partial charge in [-0.2, -0.15) is 0 Å². The van der Waals surface area contributed by atoms with E-state index in [9.17, 15) is 24.3 Å². The van der Waals surface area contributed by atoms with Crippen LogP contribution in [0.4, 0.5) is 0 Å². The quantitative estimate of drug-likeness (QED) is 0.216. The molecule has 2 N–H and O–H groups in total. The Balaban J connectivity index is 0. The van der Waals surface area contributed by atoms with Gasteiger partial charge in [-0.05, 0) is 12.8 Å². The average molecular weight is 331 g/mol. The van der Waals surface area contributed by atoms with Gasteiger partial charge >= 0.3 is 29.6 Å². The molecule has 0 heterocycles. The van der Waals surface area contributed by atoms with Gasteiger partial charge in [0, 0.05) is 12.8 Å². The first kappa shape index (κ1) is 23.5. The van der Waals surface area contributed by atoms with Crippen molar-refractivity contribution in [1.29, 1.82) is 0 Å². The van der Waals surface area contributed by atoms with Gasteiger partial charge in [0.1, 0.15) is 0 Å². The summed E-state index contributed by atoms with van der Waals surface area (Å²) in [7, 11) is -5.04. The SMILES string of the molecule is CCCCC(CCC)N(O)C(=O)CCC(=O)P(=O)([O-])O.[Na+]. The van der Waals surface area contributed by atoms with Gasteiger partial charge in [-0.3, -0.25) is 14.8 Å². The summed E-state index contributed by atoms with van der Waals surface area (Å²) in [4.78, 5) is 41.7. The Morgan fingerprint density at radius 3 is 2.19 bits per heavy atom. The number of hydrogen-bond acceptors (Lipinski definition) is 5. The maximum absolute atomic E-state index is 11.7. The van der Waals surface area contributed by atoms with Crippen molar-refractivity contribution in [2.24, 2.45) is 0 Å². The van der Waals surface area contributed by atoms with Crippen LogP contribution in [-0.4, -0.2) is 32.6 Å². The van der Waals surface area contributed by atoms with E-state index in [0.29, 0.717) is 17.9 Å². The van der Waals surface area contributed by atoms with E-state index >= 15 is 0 Å². The van der Waals surface area contributed by atoms with Gasteiger partial charge in [0.2, 0.25) is 11.4 Å². The molecular formula is C12H23NNaO6P. The smallest absolute Gasteiger partial charge is 0.773 e. The van der Waals surface area contributed by atoms with E-state index in [2.05, 4.69) is 0 Å². The number of carbonyl (C=O) groups is 2. The molecule has 2 atom stereocenters. The predicted molar refractivity (Wildman–Crippen MR) is 70.9 cm³/mol.